The lowest BCUT2D eigenvalue weighted by molar-refractivity contribution is -0.152. The first-order valence-corrected chi connectivity index (χ1v) is 43.6. The maximum atomic E-state index is 14.6. The maximum Gasteiger partial charge on any atom is 0.326 e. The van der Waals surface area contributed by atoms with Crippen molar-refractivity contribution in [2.24, 2.45) is 28.7 Å². The van der Waals surface area contributed by atoms with Crippen molar-refractivity contribution < 1.29 is 106 Å². The molecule has 9 rings (SSSR count). The van der Waals surface area contributed by atoms with Crippen molar-refractivity contribution in [1.82, 2.24) is 92.4 Å². The second kappa shape index (κ2) is 46.5. The van der Waals surface area contributed by atoms with Crippen molar-refractivity contribution in [2.45, 2.75) is 271 Å². The van der Waals surface area contributed by atoms with Crippen molar-refractivity contribution >= 4 is 124 Å². The Kier molecular flexibility index (Phi) is 36.2. The van der Waals surface area contributed by atoms with Crippen LogP contribution in [0.2, 0.25) is 0 Å². The van der Waals surface area contributed by atoms with Gasteiger partial charge in [0.1, 0.15) is 78.5 Å². The molecule has 45 heteroatoms. The Bertz CT molecular complexity index is 3980. The average Bonchev–Trinajstić information content (AvgIpc) is 1.72. The summed E-state index contributed by atoms with van der Waals surface area (Å²) in [6, 6.07) is -15.6. The molecule has 9 fully saturated rings. The Hall–Kier alpha value is -11.2. The van der Waals surface area contributed by atoms with Crippen molar-refractivity contribution in [3.05, 3.63) is 0 Å². The summed E-state index contributed by atoms with van der Waals surface area (Å²) in [5.74, 6) is -15.7. The molecule has 686 valence electrons. The third-order valence-corrected chi connectivity index (χ3v) is 24.5. The van der Waals surface area contributed by atoms with Crippen LogP contribution < -0.4 is 81.8 Å². The average molecular weight is 1750 g/mol. The molecular formula is C79H123N23O22. The summed E-state index contributed by atoms with van der Waals surface area (Å²) in [7, 11) is 0. The Labute approximate surface area is 717 Å². The number of carbonyl (C=O) groups excluding carboxylic acids is 20. The molecule has 0 bridgehead atoms. The van der Waals surface area contributed by atoms with E-state index in [1.54, 1.807) is 9.80 Å². The molecule has 0 aliphatic carbocycles. The second-order valence-corrected chi connectivity index (χ2v) is 33.2. The predicted molar refractivity (Wildman–Crippen MR) is 435 cm³/mol. The lowest BCUT2D eigenvalue weighted by Gasteiger charge is -2.35. The highest BCUT2D eigenvalue weighted by Crippen LogP contribution is 2.33. The van der Waals surface area contributed by atoms with Gasteiger partial charge < -0.3 is 126 Å². The molecule has 9 aliphatic rings. The lowest BCUT2D eigenvalue weighted by atomic mass is 10.1. The van der Waals surface area contributed by atoms with Crippen LogP contribution >= 0.6 is 0 Å². The van der Waals surface area contributed by atoms with Gasteiger partial charge in [-0.25, -0.2) is 4.79 Å². The van der Waals surface area contributed by atoms with E-state index in [-0.39, 0.29) is 134 Å². The third kappa shape index (κ3) is 25.7. The minimum atomic E-state index is -1.63. The highest BCUT2D eigenvalue weighted by molar-refractivity contribution is 6.02. The van der Waals surface area contributed by atoms with Gasteiger partial charge in [0.05, 0.1) is 38.6 Å². The quantitative estimate of drug-likeness (QED) is 0.0252. The second-order valence-electron chi connectivity index (χ2n) is 33.2. The number of carbonyl (C=O) groups is 21. The number of amides is 20. The molecule has 0 aromatic heterocycles. The fraction of sp³-hybridized carbons (Fsp3) is 0.734. The fourth-order valence-electron chi connectivity index (χ4n) is 18.2. The Balaban J connectivity index is 0.739. The van der Waals surface area contributed by atoms with Crippen LogP contribution in [0.4, 0.5) is 0 Å². The van der Waals surface area contributed by atoms with Gasteiger partial charge in [-0.1, -0.05) is 0 Å². The topological polar surface area (TPSA) is 655 Å². The van der Waals surface area contributed by atoms with Crippen molar-refractivity contribution in [1.29, 1.82) is 0 Å². The number of carboxylic acid groups (broad SMARTS) is 1. The van der Waals surface area contributed by atoms with Gasteiger partial charge in [0.25, 0.3) is 0 Å². The summed E-state index contributed by atoms with van der Waals surface area (Å²) in [4.78, 5) is 296. The van der Waals surface area contributed by atoms with Crippen LogP contribution in [0.3, 0.4) is 0 Å². The highest BCUT2D eigenvalue weighted by atomic mass is 16.4. The molecule has 0 aromatic rings. The normalized spacial score (nSPS) is 23.5. The van der Waals surface area contributed by atoms with Gasteiger partial charge in [-0.2, -0.15) is 0 Å². The zero-order valence-corrected chi connectivity index (χ0v) is 70.2. The Morgan fingerprint density at radius 2 is 0.685 bits per heavy atom. The first-order chi connectivity index (χ1) is 59.3. The SMILES string of the molecule is NCCCC[C@H](NC(=O)[C@H](CC(N)=O)NC(=O)CNC(=O)CNC(=O)[C@H](CCC(N)=O)NC(=O)[C@@H]1CCCN1C(=O)[C@@H]1CCCN1C(=O)[C@@H]1CCCN1C(=O)CNC(=O)[C@H](CCC(N)=O)NC(=O)[C@@H]1CCCN1C(=O)[C@H](CCCCN)NC(=O)CNC(=O)[C@@H]1CCCN1C(=O)[C@@H]1CCCN1C(=O)[C@@H]1CCCN1C(=O)[C@@H]1CCCN1C(=O)[C@@H]1CCCN1)C(=O)O. The molecule has 45 nitrogen and oxygen atoms in total. The van der Waals surface area contributed by atoms with Crippen LogP contribution in [-0.2, 0) is 101 Å². The molecule has 20 amide bonds. The maximum absolute atomic E-state index is 14.6. The molecule has 9 heterocycles. The van der Waals surface area contributed by atoms with E-state index < -0.39 is 230 Å². The lowest BCUT2D eigenvalue weighted by Crippen LogP contribution is -2.58. The van der Waals surface area contributed by atoms with Crippen LogP contribution in [0, 0.1) is 0 Å². The van der Waals surface area contributed by atoms with Crippen molar-refractivity contribution in [3.8, 4) is 0 Å². The van der Waals surface area contributed by atoms with E-state index >= 15 is 0 Å². The van der Waals surface area contributed by atoms with Crippen molar-refractivity contribution in [2.75, 3.05) is 98.2 Å². The third-order valence-electron chi connectivity index (χ3n) is 24.5. The molecule has 21 N–H and O–H groups in total. The number of unbranched alkanes of at least 4 members (excludes halogenated alkanes) is 2. The number of hydrogen-bond acceptors (Lipinski definition) is 24. The van der Waals surface area contributed by atoms with E-state index in [9.17, 15) is 106 Å². The summed E-state index contributed by atoms with van der Waals surface area (Å²) in [5, 5.41) is 34.7. The monoisotopic (exact) mass is 1750 g/mol. The van der Waals surface area contributed by atoms with Gasteiger partial charge >= 0.3 is 5.97 Å². The summed E-state index contributed by atoms with van der Waals surface area (Å²) < 4.78 is 0. The molecule has 0 saturated carbocycles. The predicted octanol–water partition coefficient (Wildman–Crippen LogP) is -8.70. The first kappa shape index (κ1) is 96.6. The minimum Gasteiger partial charge on any atom is -0.480 e. The van der Waals surface area contributed by atoms with Gasteiger partial charge in [0, 0.05) is 65.2 Å². The zero-order chi connectivity index (χ0) is 90.0. The molecule has 0 spiro atoms. The molecule has 0 unspecified atom stereocenters. The standard InChI is InChI=1S/C79H123N23O22/c80-29-3-1-14-48(90-64(108)43-88-69(113)51-17-6-34-97(51)75(119)56-22-12-38-101(56)78(122)58-24-13-39-102(58)77(121)55-21-10-36-99(55)72(116)47-16-5-31-85-47)73(117)96-33-7-18-52(96)70(114)93-46(26-28-60(83)104)67(111)89-44-65(109)95-32-9-20-54(95)74(118)100-37-11-23-57(100)76(120)98-35-8-19-53(98)71(115)92-45(25-27-59(82)103)66(110)87-41-62(106)86-42-63(107)91-50(40-61(84)105)68(112)94-49(79(123)124)15-2-4-30-81/h45-58,85H,1-44,80-81H2,(H2,82,103)(H2,83,104)(H2,84,105)(H,86,106)(H,87,110)(H,88,113)(H,89,111)(H,90,108)(H,91,107)(H,92,115)(H,93,114)(H,94,112)(H,123,124)/t45-,46-,47-,48-,49-,50-,51-,52-,53-,54-,55-,56-,57-,58-/m0/s1. The molecule has 9 saturated heterocycles. The van der Waals surface area contributed by atoms with Gasteiger partial charge in [-0.3, -0.25) is 95.9 Å². The van der Waals surface area contributed by atoms with Crippen LogP contribution in [0.1, 0.15) is 186 Å². The number of aliphatic carboxylic acids is 1. The van der Waals surface area contributed by atoms with Gasteiger partial charge in [-0.05, 0) is 187 Å². The number of nitrogens with zero attached hydrogens (tertiary/aromatic N) is 8. The molecule has 9 aliphatic heterocycles. The smallest absolute Gasteiger partial charge is 0.326 e. The number of rotatable bonds is 43. The van der Waals surface area contributed by atoms with Crippen LogP contribution in [0.15, 0.2) is 0 Å². The number of primary amides is 3. The molecular weight excluding hydrogens is 1620 g/mol. The summed E-state index contributed by atoms with van der Waals surface area (Å²) in [6.45, 7) is -0.136. The largest absolute Gasteiger partial charge is 0.480 e. The summed E-state index contributed by atoms with van der Waals surface area (Å²) >= 11 is 0. The van der Waals surface area contributed by atoms with E-state index in [4.69, 9.17) is 28.7 Å². The number of hydrogen-bond donors (Lipinski definition) is 16. The number of carboxylic acids is 1. The molecule has 0 radical (unpaired) electrons. The summed E-state index contributed by atoms with van der Waals surface area (Å²) in [6.07, 6.45) is 6.53. The highest BCUT2D eigenvalue weighted by Gasteiger charge is 2.51. The molecule has 0 aromatic carbocycles. The van der Waals surface area contributed by atoms with E-state index in [0.717, 1.165) is 13.0 Å². The fourth-order valence-corrected chi connectivity index (χ4v) is 18.2. The van der Waals surface area contributed by atoms with E-state index in [0.29, 0.717) is 116 Å². The van der Waals surface area contributed by atoms with Crippen LogP contribution in [-0.4, -0.2) is 351 Å². The molecule has 14 atom stereocenters. The van der Waals surface area contributed by atoms with Gasteiger partial charge in [-0.15, -0.1) is 0 Å². The van der Waals surface area contributed by atoms with E-state index in [2.05, 4.69) is 53.2 Å². The van der Waals surface area contributed by atoms with Gasteiger partial charge in [0.2, 0.25) is 118 Å². The first-order valence-electron chi connectivity index (χ1n) is 43.6. The van der Waals surface area contributed by atoms with E-state index in [1.165, 1.54) is 29.4 Å². The van der Waals surface area contributed by atoms with Gasteiger partial charge in [0.15, 0.2) is 0 Å². The van der Waals surface area contributed by atoms with Crippen molar-refractivity contribution in [3.63, 3.8) is 0 Å². The van der Waals surface area contributed by atoms with E-state index in [1.807, 2.05) is 0 Å². The Morgan fingerprint density at radius 1 is 0.323 bits per heavy atom. The molecule has 124 heavy (non-hydrogen) atoms. The van der Waals surface area contributed by atoms with Crippen LogP contribution in [0.5, 0.6) is 0 Å². The number of nitrogens with one attached hydrogen (secondary N) is 10. The number of nitrogens with two attached hydrogens (primary N) is 5. The number of likely N-dealkylation sites (tertiary alicyclic amines) is 8. The summed E-state index contributed by atoms with van der Waals surface area (Å²) in [5.41, 5.74) is 27.5. The zero-order valence-electron chi connectivity index (χ0n) is 70.2. The minimum absolute atomic E-state index is 0.00969. The Morgan fingerprint density at radius 3 is 1.10 bits per heavy atom. The van der Waals surface area contributed by atoms with Crippen LogP contribution in [0.25, 0.3) is 0 Å².